The van der Waals surface area contributed by atoms with Crippen LogP contribution in [0.2, 0.25) is 0 Å². The topological polar surface area (TPSA) is 52.9 Å². The fourth-order valence-electron chi connectivity index (χ4n) is 1.33. The van der Waals surface area contributed by atoms with Crippen molar-refractivity contribution in [3.05, 3.63) is 35.6 Å². The molecule has 0 spiro atoms. The zero-order chi connectivity index (χ0) is 12.9. The van der Waals surface area contributed by atoms with Crippen LogP contribution in [0.4, 0.5) is 4.39 Å². The average Bonchev–Trinajstić information content (AvgIpc) is 2.32. The summed E-state index contributed by atoms with van der Waals surface area (Å²) in [6.45, 7) is 3.51. The second-order valence-corrected chi connectivity index (χ2v) is 4.15. The lowest BCUT2D eigenvalue weighted by atomic mass is 10.0. The SMILES string of the molecule is CC[C@@](C)(C#N)NC(=O)Cc1ccc(F)cc1. The van der Waals surface area contributed by atoms with E-state index in [-0.39, 0.29) is 18.1 Å². The van der Waals surface area contributed by atoms with Gasteiger partial charge in [-0.2, -0.15) is 5.26 Å². The number of nitrogens with one attached hydrogen (secondary N) is 1. The fourth-order valence-corrected chi connectivity index (χ4v) is 1.33. The normalized spacial score (nSPS) is 13.5. The van der Waals surface area contributed by atoms with Crippen LogP contribution in [0.1, 0.15) is 25.8 Å². The van der Waals surface area contributed by atoms with Crippen molar-refractivity contribution in [2.75, 3.05) is 0 Å². The number of hydrogen-bond donors (Lipinski definition) is 1. The molecule has 17 heavy (non-hydrogen) atoms. The highest BCUT2D eigenvalue weighted by atomic mass is 19.1. The summed E-state index contributed by atoms with van der Waals surface area (Å²) in [4.78, 5) is 11.7. The van der Waals surface area contributed by atoms with Gasteiger partial charge in [0.15, 0.2) is 0 Å². The maximum Gasteiger partial charge on any atom is 0.225 e. The highest BCUT2D eigenvalue weighted by Gasteiger charge is 2.23. The molecule has 0 aliphatic carbocycles. The molecule has 0 heterocycles. The molecule has 1 amide bonds. The first kappa shape index (κ1) is 13.2. The van der Waals surface area contributed by atoms with Crippen LogP contribution < -0.4 is 5.32 Å². The summed E-state index contributed by atoms with van der Waals surface area (Å²) in [5.41, 5.74) is -0.114. The van der Waals surface area contributed by atoms with Crippen molar-refractivity contribution < 1.29 is 9.18 Å². The van der Waals surface area contributed by atoms with E-state index in [9.17, 15) is 9.18 Å². The van der Waals surface area contributed by atoms with E-state index >= 15 is 0 Å². The van der Waals surface area contributed by atoms with Crippen molar-refractivity contribution in [3.8, 4) is 6.07 Å². The van der Waals surface area contributed by atoms with Crippen LogP contribution in [0.3, 0.4) is 0 Å². The molecule has 1 aromatic rings. The van der Waals surface area contributed by atoms with Crippen LogP contribution in [0, 0.1) is 17.1 Å². The molecule has 0 saturated carbocycles. The molecular formula is C13H15FN2O. The average molecular weight is 234 g/mol. The molecule has 0 saturated heterocycles. The predicted molar refractivity (Wildman–Crippen MR) is 62.6 cm³/mol. The van der Waals surface area contributed by atoms with Crippen molar-refractivity contribution in [3.63, 3.8) is 0 Å². The summed E-state index contributed by atoms with van der Waals surface area (Å²) in [6, 6.07) is 7.81. The van der Waals surface area contributed by atoms with E-state index < -0.39 is 5.54 Å². The van der Waals surface area contributed by atoms with Gasteiger partial charge >= 0.3 is 0 Å². The Balaban J connectivity index is 2.62. The Labute approximate surface area is 100 Å². The van der Waals surface area contributed by atoms with Crippen LogP contribution in [0.5, 0.6) is 0 Å². The number of hydrogen-bond acceptors (Lipinski definition) is 2. The lowest BCUT2D eigenvalue weighted by Gasteiger charge is -2.21. The van der Waals surface area contributed by atoms with Gasteiger partial charge < -0.3 is 5.32 Å². The maximum absolute atomic E-state index is 12.7. The molecule has 3 nitrogen and oxygen atoms in total. The molecule has 1 atom stereocenters. The molecule has 0 aromatic heterocycles. The summed E-state index contributed by atoms with van der Waals surface area (Å²) in [5.74, 6) is -0.563. The van der Waals surface area contributed by atoms with Gasteiger partial charge in [-0.1, -0.05) is 19.1 Å². The van der Waals surface area contributed by atoms with Gasteiger partial charge in [-0.25, -0.2) is 4.39 Å². The number of benzene rings is 1. The summed E-state index contributed by atoms with van der Waals surface area (Å²) < 4.78 is 12.7. The van der Waals surface area contributed by atoms with Crippen molar-refractivity contribution in [2.45, 2.75) is 32.2 Å². The first-order valence-electron chi connectivity index (χ1n) is 5.46. The van der Waals surface area contributed by atoms with Crippen molar-refractivity contribution >= 4 is 5.91 Å². The zero-order valence-electron chi connectivity index (χ0n) is 9.96. The summed E-state index contributed by atoms with van der Waals surface area (Å²) >= 11 is 0. The molecule has 90 valence electrons. The monoisotopic (exact) mass is 234 g/mol. The molecule has 1 aromatic carbocycles. The fraction of sp³-hybridized carbons (Fsp3) is 0.385. The van der Waals surface area contributed by atoms with Crippen molar-refractivity contribution in [1.29, 1.82) is 5.26 Å². The number of nitrogens with zero attached hydrogens (tertiary/aromatic N) is 1. The van der Waals surface area contributed by atoms with Crippen LogP contribution >= 0.6 is 0 Å². The predicted octanol–water partition coefficient (Wildman–Crippen LogP) is 2.18. The first-order chi connectivity index (χ1) is 7.99. The van der Waals surface area contributed by atoms with Crippen molar-refractivity contribution in [2.24, 2.45) is 0 Å². The Hall–Kier alpha value is -1.89. The van der Waals surface area contributed by atoms with Gasteiger partial charge in [-0.15, -0.1) is 0 Å². The first-order valence-corrected chi connectivity index (χ1v) is 5.46. The van der Waals surface area contributed by atoms with Gasteiger partial charge in [-0.05, 0) is 31.0 Å². The molecule has 0 aliphatic rings. The maximum atomic E-state index is 12.7. The quantitative estimate of drug-likeness (QED) is 0.868. The number of amides is 1. The highest BCUT2D eigenvalue weighted by Crippen LogP contribution is 2.09. The summed E-state index contributed by atoms with van der Waals surface area (Å²) in [5, 5.41) is 11.6. The molecule has 0 bridgehead atoms. The molecule has 1 N–H and O–H groups in total. The minimum Gasteiger partial charge on any atom is -0.338 e. The van der Waals surface area contributed by atoms with E-state index in [1.54, 1.807) is 19.1 Å². The lowest BCUT2D eigenvalue weighted by molar-refractivity contribution is -0.121. The molecule has 4 heteroatoms. The zero-order valence-corrected chi connectivity index (χ0v) is 9.96. The molecule has 1 rings (SSSR count). The smallest absolute Gasteiger partial charge is 0.225 e. The molecular weight excluding hydrogens is 219 g/mol. The van der Waals surface area contributed by atoms with Gasteiger partial charge in [-0.3, -0.25) is 4.79 Å². The third-order valence-electron chi connectivity index (χ3n) is 2.65. The second kappa shape index (κ2) is 5.44. The number of carbonyl (C=O) groups is 1. The Kier molecular flexibility index (Phi) is 4.22. The lowest BCUT2D eigenvalue weighted by Crippen LogP contribution is -2.44. The minimum absolute atomic E-state index is 0.150. The molecule has 0 fully saturated rings. The Morgan fingerprint density at radius 1 is 1.47 bits per heavy atom. The molecule has 0 unspecified atom stereocenters. The van der Waals surface area contributed by atoms with Gasteiger partial charge in [0.2, 0.25) is 5.91 Å². The van der Waals surface area contributed by atoms with E-state index in [0.717, 1.165) is 5.56 Å². The van der Waals surface area contributed by atoms with E-state index in [1.165, 1.54) is 12.1 Å². The summed E-state index contributed by atoms with van der Waals surface area (Å²) in [6.07, 6.45) is 0.691. The van der Waals surface area contributed by atoms with E-state index in [2.05, 4.69) is 11.4 Å². The largest absolute Gasteiger partial charge is 0.338 e. The van der Waals surface area contributed by atoms with E-state index in [4.69, 9.17) is 5.26 Å². The van der Waals surface area contributed by atoms with Crippen molar-refractivity contribution in [1.82, 2.24) is 5.32 Å². The second-order valence-electron chi connectivity index (χ2n) is 4.15. The van der Waals surface area contributed by atoms with E-state index in [1.807, 2.05) is 6.92 Å². The number of carbonyl (C=O) groups excluding carboxylic acids is 1. The number of halogens is 1. The number of nitriles is 1. The van der Waals surface area contributed by atoms with Gasteiger partial charge in [0.05, 0.1) is 12.5 Å². The third-order valence-corrected chi connectivity index (χ3v) is 2.65. The van der Waals surface area contributed by atoms with Crippen LogP contribution in [0.25, 0.3) is 0 Å². The van der Waals surface area contributed by atoms with Crippen LogP contribution in [0.15, 0.2) is 24.3 Å². The van der Waals surface area contributed by atoms with Gasteiger partial charge in [0, 0.05) is 0 Å². The number of rotatable bonds is 4. The highest BCUT2D eigenvalue weighted by molar-refractivity contribution is 5.79. The standard InChI is InChI=1S/C13H15FN2O/c1-3-13(2,9-15)16-12(17)8-10-4-6-11(14)7-5-10/h4-7H,3,8H2,1-2H3,(H,16,17)/t13-/m0/s1. The van der Waals surface area contributed by atoms with Gasteiger partial charge in [0.1, 0.15) is 11.4 Å². The third kappa shape index (κ3) is 3.87. The van der Waals surface area contributed by atoms with Crippen LogP contribution in [-0.2, 0) is 11.2 Å². The van der Waals surface area contributed by atoms with Gasteiger partial charge in [0.25, 0.3) is 0 Å². The summed E-state index contributed by atoms with van der Waals surface area (Å²) in [7, 11) is 0. The Morgan fingerprint density at radius 3 is 2.53 bits per heavy atom. The Bertz CT molecular complexity index is 436. The molecule has 0 aliphatic heterocycles. The van der Waals surface area contributed by atoms with Crippen LogP contribution in [-0.4, -0.2) is 11.4 Å². The Morgan fingerprint density at radius 2 is 2.06 bits per heavy atom. The minimum atomic E-state index is -0.836. The van der Waals surface area contributed by atoms with E-state index in [0.29, 0.717) is 6.42 Å². The molecule has 0 radical (unpaired) electrons.